The maximum Gasteiger partial charge on any atom is 0.335 e. The monoisotopic (exact) mass is 352 g/mol. The molecule has 0 aliphatic rings. The minimum absolute atomic E-state index is 0.156. The molecule has 4 nitrogen and oxygen atoms in total. The van der Waals surface area contributed by atoms with Crippen LogP contribution < -0.4 is 5.32 Å². The highest BCUT2D eigenvalue weighted by Gasteiger charge is 2.10. The summed E-state index contributed by atoms with van der Waals surface area (Å²) < 4.78 is 14.0. The minimum Gasteiger partial charge on any atom is -0.478 e. The molecule has 0 aliphatic heterocycles. The molecule has 21 heavy (non-hydrogen) atoms. The van der Waals surface area contributed by atoms with Gasteiger partial charge in [0.2, 0.25) is 0 Å². The first-order chi connectivity index (χ1) is 9.99. The molecule has 1 aromatic heterocycles. The van der Waals surface area contributed by atoms with Gasteiger partial charge in [-0.1, -0.05) is 13.3 Å². The molecule has 2 aromatic rings. The number of nitrogens with one attached hydrogen (secondary N) is 1. The van der Waals surface area contributed by atoms with Gasteiger partial charge in [-0.2, -0.15) is 0 Å². The first-order valence-corrected chi connectivity index (χ1v) is 7.25. The number of pyridine rings is 1. The van der Waals surface area contributed by atoms with E-state index in [2.05, 4.69) is 26.2 Å². The Labute approximate surface area is 130 Å². The van der Waals surface area contributed by atoms with E-state index in [-0.39, 0.29) is 11.4 Å². The van der Waals surface area contributed by atoms with Crippen molar-refractivity contribution in [1.82, 2.24) is 4.98 Å². The summed E-state index contributed by atoms with van der Waals surface area (Å²) >= 11 is 3.31. The third-order valence-electron chi connectivity index (χ3n) is 2.82. The van der Waals surface area contributed by atoms with Crippen molar-refractivity contribution >= 4 is 33.4 Å². The molecule has 0 saturated heterocycles. The number of halogens is 2. The van der Waals surface area contributed by atoms with Gasteiger partial charge in [-0.3, -0.25) is 0 Å². The molecule has 0 saturated carbocycles. The normalized spacial score (nSPS) is 10.4. The zero-order valence-electron chi connectivity index (χ0n) is 11.4. The van der Waals surface area contributed by atoms with Crippen molar-refractivity contribution < 1.29 is 14.3 Å². The standard InChI is InChI=1S/C15H14BrFN2O2/c1-2-3-11-6-9(15(20)21)7-14(18-11)19-13-8-10(17)4-5-12(13)16/h4-8H,2-3H2,1H3,(H,18,19)(H,20,21). The van der Waals surface area contributed by atoms with Crippen LogP contribution in [0.1, 0.15) is 29.4 Å². The van der Waals surface area contributed by atoms with Crippen LogP contribution in [0.2, 0.25) is 0 Å². The molecule has 110 valence electrons. The topological polar surface area (TPSA) is 62.2 Å². The molecule has 0 spiro atoms. The van der Waals surface area contributed by atoms with Gasteiger partial charge in [0, 0.05) is 10.2 Å². The number of carboxylic acids is 1. The lowest BCUT2D eigenvalue weighted by Crippen LogP contribution is -2.04. The van der Waals surface area contributed by atoms with Crippen molar-refractivity contribution in [2.75, 3.05) is 5.32 Å². The Morgan fingerprint density at radius 1 is 1.38 bits per heavy atom. The fraction of sp³-hybridized carbons (Fsp3) is 0.200. The van der Waals surface area contributed by atoms with Gasteiger partial charge in [0.15, 0.2) is 0 Å². The Kier molecular flexibility index (Phi) is 4.90. The lowest BCUT2D eigenvalue weighted by atomic mass is 10.1. The third kappa shape index (κ3) is 4.01. The van der Waals surface area contributed by atoms with Gasteiger partial charge in [0.25, 0.3) is 0 Å². The fourth-order valence-electron chi connectivity index (χ4n) is 1.89. The van der Waals surface area contributed by atoms with Crippen molar-refractivity contribution in [2.24, 2.45) is 0 Å². The number of hydrogen-bond acceptors (Lipinski definition) is 3. The van der Waals surface area contributed by atoms with Gasteiger partial charge >= 0.3 is 5.97 Å². The average molecular weight is 353 g/mol. The van der Waals surface area contributed by atoms with Gasteiger partial charge in [0.05, 0.1) is 11.3 Å². The number of aromatic nitrogens is 1. The Hall–Kier alpha value is -1.95. The molecule has 1 aromatic carbocycles. The van der Waals surface area contributed by atoms with Gasteiger partial charge in [-0.15, -0.1) is 0 Å². The summed E-state index contributed by atoms with van der Waals surface area (Å²) in [5.74, 6) is -1.02. The quantitative estimate of drug-likeness (QED) is 0.838. The van der Waals surface area contributed by atoms with Crippen LogP contribution in [0.3, 0.4) is 0 Å². The Balaban J connectivity index is 2.38. The zero-order chi connectivity index (χ0) is 15.4. The molecule has 6 heteroatoms. The van der Waals surface area contributed by atoms with Crippen molar-refractivity contribution in [3.05, 3.63) is 51.9 Å². The lowest BCUT2D eigenvalue weighted by Gasteiger charge is -2.10. The van der Waals surface area contributed by atoms with E-state index in [9.17, 15) is 9.18 Å². The van der Waals surface area contributed by atoms with Crippen LogP contribution in [-0.2, 0) is 6.42 Å². The molecule has 0 fully saturated rings. The van der Waals surface area contributed by atoms with Gasteiger partial charge in [-0.05, 0) is 52.7 Å². The number of nitrogens with zero attached hydrogens (tertiary/aromatic N) is 1. The maximum atomic E-state index is 13.3. The number of aryl methyl sites for hydroxylation is 1. The molecule has 2 rings (SSSR count). The summed E-state index contributed by atoms with van der Waals surface area (Å²) in [6.07, 6.45) is 1.54. The van der Waals surface area contributed by atoms with Crippen LogP contribution in [0.25, 0.3) is 0 Å². The smallest absolute Gasteiger partial charge is 0.335 e. The largest absolute Gasteiger partial charge is 0.478 e. The Morgan fingerprint density at radius 2 is 2.14 bits per heavy atom. The number of carboxylic acid groups (broad SMARTS) is 1. The molecule has 0 bridgehead atoms. The molecular formula is C15H14BrFN2O2. The van der Waals surface area contributed by atoms with E-state index >= 15 is 0 Å². The van der Waals surface area contributed by atoms with E-state index in [0.717, 1.165) is 6.42 Å². The average Bonchev–Trinajstić information content (AvgIpc) is 2.43. The van der Waals surface area contributed by atoms with Gasteiger partial charge < -0.3 is 10.4 Å². The van der Waals surface area contributed by atoms with E-state index < -0.39 is 5.97 Å². The van der Waals surface area contributed by atoms with Crippen LogP contribution >= 0.6 is 15.9 Å². The number of rotatable bonds is 5. The maximum absolute atomic E-state index is 13.3. The molecule has 0 amide bonds. The number of benzene rings is 1. The third-order valence-corrected chi connectivity index (χ3v) is 3.51. The fourth-order valence-corrected chi connectivity index (χ4v) is 2.24. The molecule has 0 unspecified atom stereocenters. The van der Waals surface area contributed by atoms with E-state index in [4.69, 9.17) is 5.11 Å². The van der Waals surface area contributed by atoms with Crippen molar-refractivity contribution in [1.29, 1.82) is 0 Å². The predicted octanol–water partition coefficient (Wildman–Crippen LogP) is 4.38. The SMILES string of the molecule is CCCc1cc(C(=O)O)cc(Nc2cc(F)ccc2Br)n1. The van der Waals surface area contributed by atoms with Crippen LogP contribution in [0.15, 0.2) is 34.8 Å². The van der Waals surface area contributed by atoms with Gasteiger partial charge in [-0.25, -0.2) is 14.2 Å². The molecule has 2 N–H and O–H groups in total. The summed E-state index contributed by atoms with van der Waals surface area (Å²) in [5.41, 5.74) is 1.34. The molecule has 1 heterocycles. The van der Waals surface area contributed by atoms with E-state index in [1.54, 1.807) is 12.1 Å². The van der Waals surface area contributed by atoms with E-state index in [0.29, 0.717) is 28.1 Å². The minimum atomic E-state index is -1.02. The van der Waals surface area contributed by atoms with E-state index in [1.807, 2.05) is 6.92 Å². The first-order valence-electron chi connectivity index (χ1n) is 6.46. The van der Waals surface area contributed by atoms with Crippen LogP contribution in [0, 0.1) is 5.82 Å². The second-order valence-electron chi connectivity index (χ2n) is 4.54. The predicted molar refractivity (Wildman–Crippen MR) is 82.6 cm³/mol. The number of aromatic carboxylic acids is 1. The second-order valence-corrected chi connectivity index (χ2v) is 5.39. The molecular weight excluding hydrogens is 339 g/mol. The molecule has 0 atom stereocenters. The number of anilines is 2. The highest BCUT2D eigenvalue weighted by atomic mass is 79.9. The number of hydrogen-bond donors (Lipinski definition) is 2. The van der Waals surface area contributed by atoms with Crippen LogP contribution in [0.4, 0.5) is 15.9 Å². The lowest BCUT2D eigenvalue weighted by molar-refractivity contribution is 0.0696. The first kappa shape index (κ1) is 15.4. The highest BCUT2D eigenvalue weighted by molar-refractivity contribution is 9.10. The summed E-state index contributed by atoms with van der Waals surface area (Å²) in [7, 11) is 0. The van der Waals surface area contributed by atoms with E-state index in [1.165, 1.54) is 18.2 Å². The van der Waals surface area contributed by atoms with Crippen molar-refractivity contribution in [3.63, 3.8) is 0 Å². The van der Waals surface area contributed by atoms with Crippen molar-refractivity contribution in [2.45, 2.75) is 19.8 Å². The highest BCUT2D eigenvalue weighted by Crippen LogP contribution is 2.26. The molecule has 0 aliphatic carbocycles. The van der Waals surface area contributed by atoms with Gasteiger partial charge in [0.1, 0.15) is 11.6 Å². The summed E-state index contributed by atoms with van der Waals surface area (Å²) in [6.45, 7) is 1.99. The van der Waals surface area contributed by atoms with Crippen LogP contribution in [-0.4, -0.2) is 16.1 Å². The summed E-state index contributed by atoms with van der Waals surface area (Å²) in [5, 5.41) is 12.1. The summed E-state index contributed by atoms with van der Waals surface area (Å²) in [4.78, 5) is 15.5. The van der Waals surface area contributed by atoms with Crippen LogP contribution in [0.5, 0.6) is 0 Å². The summed E-state index contributed by atoms with van der Waals surface area (Å²) in [6, 6.07) is 7.21. The molecule has 0 radical (unpaired) electrons. The second kappa shape index (κ2) is 6.67. The number of carbonyl (C=O) groups is 1. The Morgan fingerprint density at radius 3 is 2.81 bits per heavy atom. The Bertz CT molecular complexity index is 677. The zero-order valence-corrected chi connectivity index (χ0v) is 12.9. The van der Waals surface area contributed by atoms with Crippen molar-refractivity contribution in [3.8, 4) is 0 Å².